The van der Waals surface area contributed by atoms with Crippen molar-refractivity contribution in [2.75, 3.05) is 33.0 Å². The molecule has 2 aromatic carbocycles. The average molecular weight is 425 g/mol. The van der Waals surface area contributed by atoms with E-state index in [1.807, 2.05) is 26.0 Å². The standard InChI is InChI=1S/C24H27NO6/c1-3-31-19-10-8-17(9-11-19)21-20(22(27)18-6-4-16(2)5-7-18)23(28)24(29)25(21)12-14-30-15-13-26/h4-11,21,26-27H,3,12-15H2,1-2H3. The zero-order valence-electron chi connectivity index (χ0n) is 17.7. The molecule has 31 heavy (non-hydrogen) atoms. The van der Waals surface area contributed by atoms with Crippen molar-refractivity contribution in [3.63, 3.8) is 0 Å². The SMILES string of the molecule is CCOc1ccc(C2C(=C(O)c3ccc(C)cc3)C(=O)C(=O)N2CCOCCO)cc1. The lowest BCUT2D eigenvalue weighted by Gasteiger charge is -2.25. The second-order valence-electron chi connectivity index (χ2n) is 7.20. The van der Waals surface area contributed by atoms with Crippen molar-refractivity contribution in [1.29, 1.82) is 0 Å². The van der Waals surface area contributed by atoms with E-state index in [-0.39, 0.29) is 37.7 Å². The van der Waals surface area contributed by atoms with Crippen LogP contribution in [0.3, 0.4) is 0 Å². The van der Waals surface area contributed by atoms with Gasteiger partial charge in [0.25, 0.3) is 11.7 Å². The summed E-state index contributed by atoms with van der Waals surface area (Å²) in [5.41, 5.74) is 2.20. The van der Waals surface area contributed by atoms with Crippen molar-refractivity contribution in [2.45, 2.75) is 19.9 Å². The van der Waals surface area contributed by atoms with Crippen LogP contribution in [0.1, 0.15) is 29.7 Å². The molecule has 7 heteroatoms. The van der Waals surface area contributed by atoms with Crippen LogP contribution in [0.5, 0.6) is 5.75 Å². The van der Waals surface area contributed by atoms with Crippen LogP contribution in [0, 0.1) is 6.92 Å². The Balaban J connectivity index is 2.03. The number of carbonyl (C=O) groups excluding carboxylic acids is 2. The molecule has 1 atom stereocenters. The molecule has 0 spiro atoms. The number of ketones is 1. The maximum atomic E-state index is 12.9. The Hall–Kier alpha value is -3.16. The maximum Gasteiger partial charge on any atom is 0.295 e. The summed E-state index contributed by atoms with van der Waals surface area (Å²) < 4.78 is 10.8. The van der Waals surface area contributed by atoms with E-state index in [0.717, 1.165) is 5.56 Å². The van der Waals surface area contributed by atoms with Gasteiger partial charge in [0.2, 0.25) is 0 Å². The summed E-state index contributed by atoms with van der Waals surface area (Å²) in [5, 5.41) is 19.9. The summed E-state index contributed by atoms with van der Waals surface area (Å²) in [6, 6.07) is 13.5. The van der Waals surface area contributed by atoms with Gasteiger partial charge in [0.1, 0.15) is 11.5 Å². The number of likely N-dealkylation sites (tertiary alicyclic amines) is 1. The molecule has 1 fully saturated rings. The molecule has 1 heterocycles. The number of benzene rings is 2. The molecule has 164 valence electrons. The third kappa shape index (κ3) is 4.95. The van der Waals surface area contributed by atoms with Crippen LogP contribution in [0.15, 0.2) is 54.1 Å². The number of Topliss-reactive ketones (excluding diaryl/α,β-unsaturated/α-hetero) is 1. The molecule has 1 aliphatic rings. The minimum atomic E-state index is -0.755. The first kappa shape index (κ1) is 22.5. The molecular formula is C24H27NO6. The third-order valence-electron chi connectivity index (χ3n) is 5.08. The Labute approximate surface area is 181 Å². The second-order valence-corrected chi connectivity index (χ2v) is 7.20. The summed E-state index contributed by atoms with van der Waals surface area (Å²) in [6.07, 6.45) is 0. The third-order valence-corrected chi connectivity index (χ3v) is 5.08. The minimum absolute atomic E-state index is 0.0418. The number of hydrogen-bond donors (Lipinski definition) is 2. The summed E-state index contributed by atoms with van der Waals surface area (Å²) in [4.78, 5) is 27.1. The number of rotatable bonds is 9. The number of nitrogens with zero attached hydrogens (tertiary/aromatic N) is 1. The smallest absolute Gasteiger partial charge is 0.295 e. The predicted octanol–water partition coefficient (Wildman–Crippen LogP) is 2.82. The maximum absolute atomic E-state index is 12.9. The first-order valence-corrected chi connectivity index (χ1v) is 10.2. The summed E-state index contributed by atoms with van der Waals surface area (Å²) in [7, 11) is 0. The zero-order valence-corrected chi connectivity index (χ0v) is 17.7. The van der Waals surface area contributed by atoms with Gasteiger partial charge in [-0.1, -0.05) is 42.0 Å². The second kappa shape index (κ2) is 10.2. The van der Waals surface area contributed by atoms with Crippen molar-refractivity contribution in [1.82, 2.24) is 4.90 Å². The number of ether oxygens (including phenoxy) is 2. The molecule has 7 nitrogen and oxygen atoms in total. The monoisotopic (exact) mass is 425 g/mol. The Kier molecular flexibility index (Phi) is 7.44. The quantitative estimate of drug-likeness (QED) is 0.278. The largest absolute Gasteiger partial charge is 0.507 e. The molecule has 0 aliphatic carbocycles. The molecule has 2 aromatic rings. The van der Waals surface area contributed by atoms with Crippen LogP contribution in [-0.4, -0.2) is 59.8 Å². The highest BCUT2D eigenvalue weighted by Crippen LogP contribution is 2.39. The fourth-order valence-corrected chi connectivity index (χ4v) is 3.57. The summed E-state index contributed by atoms with van der Waals surface area (Å²) in [6.45, 7) is 4.65. The van der Waals surface area contributed by atoms with Gasteiger partial charge in [-0.2, -0.15) is 0 Å². The first-order chi connectivity index (χ1) is 15.0. The Morgan fingerprint density at radius 2 is 1.71 bits per heavy atom. The molecule has 1 saturated heterocycles. The molecule has 0 saturated carbocycles. The van der Waals surface area contributed by atoms with E-state index in [0.29, 0.717) is 23.5 Å². The first-order valence-electron chi connectivity index (χ1n) is 10.2. The molecule has 0 radical (unpaired) electrons. The van der Waals surface area contributed by atoms with E-state index in [4.69, 9.17) is 14.6 Å². The lowest BCUT2D eigenvalue weighted by Crippen LogP contribution is -2.33. The van der Waals surface area contributed by atoms with Gasteiger partial charge < -0.3 is 24.6 Å². The van der Waals surface area contributed by atoms with Crippen LogP contribution < -0.4 is 4.74 Å². The van der Waals surface area contributed by atoms with Crippen LogP contribution in [0.2, 0.25) is 0 Å². The topological polar surface area (TPSA) is 96.3 Å². The zero-order chi connectivity index (χ0) is 22.4. The Morgan fingerprint density at radius 3 is 2.32 bits per heavy atom. The van der Waals surface area contributed by atoms with E-state index in [9.17, 15) is 14.7 Å². The predicted molar refractivity (Wildman–Crippen MR) is 116 cm³/mol. The van der Waals surface area contributed by atoms with Crippen molar-refractivity contribution in [3.8, 4) is 5.75 Å². The van der Waals surface area contributed by atoms with E-state index in [1.54, 1.807) is 36.4 Å². The van der Waals surface area contributed by atoms with Gasteiger partial charge in [0.15, 0.2) is 0 Å². The summed E-state index contributed by atoms with van der Waals surface area (Å²) in [5.74, 6) is -0.969. The molecule has 1 aliphatic heterocycles. The summed E-state index contributed by atoms with van der Waals surface area (Å²) >= 11 is 0. The van der Waals surface area contributed by atoms with Gasteiger partial charge in [-0.15, -0.1) is 0 Å². The van der Waals surface area contributed by atoms with E-state index in [1.165, 1.54) is 4.90 Å². The molecule has 0 aromatic heterocycles. The number of aliphatic hydroxyl groups is 2. The normalized spacial score (nSPS) is 17.9. The van der Waals surface area contributed by atoms with Crippen LogP contribution >= 0.6 is 0 Å². The highest BCUT2D eigenvalue weighted by Gasteiger charge is 2.45. The van der Waals surface area contributed by atoms with E-state index < -0.39 is 17.7 Å². The number of amides is 1. The van der Waals surface area contributed by atoms with Crippen molar-refractivity contribution < 1.29 is 29.3 Å². The molecule has 1 unspecified atom stereocenters. The Bertz CT molecular complexity index is 949. The van der Waals surface area contributed by atoms with Gasteiger partial charge in [-0.3, -0.25) is 9.59 Å². The van der Waals surface area contributed by atoms with Crippen LogP contribution in [0.4, 0.5) is 0 Å². The van der Waals surface area contributed by atoms with Crippen LogP contribution in [-0.2, 0) is 14.3 Å². The number of carbonyl (C=O) groups is 2. The highest BCUT2D eigenvalue weighted by atomic mass is 16.5. The number of hydrogen-bond acceptors (Lipinski definition) is 6. The number of aryl methyl sites for hydroxylation is 1. The molecular weight excluding hydrogens is 398 g/mol. The van der Waals surface area contributed by atoms with Gasteiger partial charge in [0, 0.05) is 12.1 Å². The van der Waals surface area contributed by atoms with E-state index in [2.05, 4.69) is 0 Å². The van der Waals surface area contributed by atoms with Crippen molar-refractivity contribution >= 4 is 17.4 Å². The van der Waals surface area contributed by atoms with Crippen molar-refractivity contribution in [3.05, 3.63) is 70.8 Å². The Morgan fingerprint density at radius 1 is 1.03 bits per heavy atom. The number of aliphatic hydroxyl groups excluding tert-OH is 2. The lowest BCUT2D eigenvalue weighted by atomic mass is 9.95. The van der Waals surface area contributed by atoms with Gasteiger partial charge in [0.05, 0.1) is 38.0 Å². The highest BCUT2D eigenvalue weighted by molar-refractivity contribution is 6.46. The molecule has 3 rings (SSSR count). The van der Waals surface area contributed by atoms with Crippen molar-refractivity contribution in [2.24, 2.45) is 0 Å². The molecule has 0 bridgehead atoms. The van der Waals surface area contributed by atoms with E-state index >= 15 is 0 Å². The fraction of sp³-hybridized carbons (Fsp3) is 0.333. The molecule has 2 N–H and O–H groups in total. The fourth-order valence-electron chi connectivity index (χ4n) is 3.57. The average Bonchev–Trinajstić information content (AvgIpc) is 3.02. The molecule has 1 amide bonds. The van der Waals surface area contributed by atoms with Gasteiger partial charge in [-0.05, 0) is 31.5 Å². The minimum Gasteiger partial charge on any atom is -0.507 e. The lowest BCUT2D eigenvalue weighted by molar-refractivity contribution is -0.140. The van der Waals surface area contributed by atoms with Gasteiger partial charge >= 0.3 is 0 Å². The van der Waals surface area contributed by atoms with Gasteiger partial charge in [-0.25, -0.2) is 0 Å². The van der Waals surface area contributed by atoms with Crippen LogP contribution in [0.25, 0.3) is 5.76 Å².